The average Bonchev–Trinajstić information content (AvgIpc) is 2.93. The summed E-state index contributed by atoms with van der Waals surface area (Å²) in [5.41, 5.74) is 1.23. The van der Waals surface area contributed by atoms with Gasteiger partial charge in [-0.05, 0) is 36.2 Å². The van der Waals surface area contributed by atoms with E-state index >= 15 is 0 Å². The molecule has 0 aromatic heterocycles. The van der Waals surface area contributed by atoms with Gasteiger partial charge in [0.2, 0.25) is 11.8 Å². The van der Waals surface area contributed by atoms with Gasteiger partial charge in [0.05, 0.1) is 5.69 Å². The maximum Gasteiger partial charge on any atom is 0.237 e. The van der Waals surface area contributed by atoms with Gasteiger partial charge in [-0.3, -0.25) is 9.59 Å². The Balaban J connectivity index is 1.92. The molecule has 2 aromatic rings. The zero-order chi connectivity index (χ0) is 19.9. The van der Waals surface area contributed by atoms with Crippen LogP contribution in [0.1, 0.15) is 17.0 Å². The maximum absolute atomic E-state index is 13.9. The van der Waals surface area contributed by atoms with Crippen LogP contribution in [0.25, 0.3) is 0 Å². The lowest BCUT2D eigenvalue weighted by atomic mass is 9.87. The first-order valence-electron chi connectivity index (χ1n) is 8.16. The van der Waals surface area contributed by atoms with Crippen molar-refractivity contribution in [3.63, 3.8) is 0 Å². The summed E-state index contributed by atoms with van der Waals surface area (Å²) in [6, 6.07) is 7.16. The van der Waals surface area contributed by atoms with Crippen molar-refractivity contribution in [1.82, 2.24) is 4.90 Å². The minimum Gasteiger partial charge on any atom is -0.344 e. The van der Waals surface area contributed by atoms with E-state index in [2.05, 4.69) is 21.2 Å². The second-order valence-electron chi connectivity index (χ2n) is 6.52. The summed E-state index contributed by atoms with van der Waals surface area (Å²) in [5.74, 6) is -7.25. The molecule has 27 heavy (non-hydrogen) atoms. The van der Waals surface area contributed by atoms with Crippen LogP contribution in [-0.2, 0) is 9.59 Å². The highest BCUT2D eigenvalue weighted by Gasteiger charge is 2.44. The second-order valence-corrected chi connectivity index (χ2v) is 7.38. The van der Waals surface area contributed by atoms with Crippen LogP contribution >= 0.6 is 15.9 Å². The van der Waals surface area contributed by atoms with Crippen LogP contribution in [0.15, 0.2) is 34.8 Å². The Bertz CT molecular complexity index is 935. The molecule has 3 rings (SSSR count). The Kier molecular flexibility index (Phi) is 5.28. The number of nitrogens with zero attached hydrogens (tertiary/aromatic N) is 1. The highest BCUT2D eigenvalue weighted by Crippen LogP contribution is 2.35. The fourth-order valence-electron chi connectivity index (χ4n) is 3.22. The maximum atomic E-state index is 13.9. The summed E-state index contributed by atoms with van der Waals surface area (Å²) in [6.45, 7) is 2.21. The number of halogens is 4. The largest absolute Gasteiger partial charge is 0.344 e. The standard InChI is InChI=1S/C19H16BrF3N2O2/c1-9-7-10(3-4-12(9)20)11-8-25(2)19(27)15(11)18(26)24-14-6-5-13(21)16(22)17(14)23/h3-7,11,15H,8H2,1-2H3,(H,24,26)/t11-,15+/m1/s1. The summed E-state index contributed by atoms with van der Waals surface area (Å²) in [5, 5.41) is 2.22. The lowest BCUT2D eigenvalue weighted by Crippen LogP contribution is -2.33. The predicted octanol–water partition coefficient (Wildman–Crippen LogP) is 3.99. The first kappa shape index (κ1) is 19.4. The number of aryl methyl sites for hydroxylation is 1. The van der Waals surface area contributed by atoms with Crippen molar-refractivity contribution in [2.24, 2.45) is 5.92 Å². The zero-order valence-electron chi connectivity index (χ0n) is 14.5. The van der Waals surface area contributed by atoms with Crippen molar-refractivity contribution in [3.05, 3.63) is 63.4 Å². The third kappa shape index (κ3) is 3.58. The van der Waals surface area contributed by atoms with Gasteiger partial charge in [0.25, 0.3) is 0 Å². The Hall–Kier alpha value is -2.35. The van der Waals surface area contributed by atoms with E-state index in [1.165, 1.54) is 4.90 Å². The normalized spacial score (nSPS) is 19.5. The van der Waals surface area contributed by atoms with Crippen molar-refractivity contribution in [1.29, 1.82) is 0 Å². The van der Waals surface area contributed by atoms with Gasteiger partial charge in [-0.1, -0.05) is 28.1 Å². The molecule has 1 fully saturated rings. The van der Waals surface area contributed by atoms with Crippen molar-refractivity contribution in [3.8, 4) is 0 Å². The molecule has 2 aromatic carbocycles. The number of rotatable bonds is 3. The fourth-order valence-corrected chi connectivity index (χ4v) is 3.47. The molecule has 1 N–H and O–H groups in total. The van der Waals surface area contributed by atoms with E-state index < -0.39 is 46.8 Å². The topological polar surface area (TPSA) is 49.4 Å². The molecule has 2 atom stereocenters. The quantitative estimate of drug-likeness (QED) is 0.579. The third-order valence-corrected chi connectivity index (χ3v) is 5.59. The lowest BCUT2D eigenvalue weighted by Gasteiger charge is -2.18. The number of hydrogen-bond donors (Lipinski definition) is 1. The van der Waals surface area contributed by atoms with Gasteiger partial charge in [0, 0.05) is 24.0 Å². The van der Waals surface area contributed by atoms with E-state index in [0.717, 1.165) is 21.7 Å². The van der Waals surface area contributed by atoms with Crippen LogP contribution in [0, 0.1) is 30.3 Å². The molecule has 1 saturated heterocycles. The fraction of sp³-hybridized carbons (Fsp3) is 0.263. The second kappa shape index (κ2) is 7.34. The Morgan fingerprint density at radius 2 is 1.89 bits per heavy atom. The van der Waals surface area contributed by atoms with E-state index in [9.17, 15) is 22.8 Å². The molecule has 1 aliphatic heterocycles. The minimum absolute atomic E-state index is 0.318. The predicted molar refractivity (Wildman–Crippen MR) is 97.7 cm³/mol. The van der Waals surface area contributed by atoms with Crippen molar-refractivity contribution >= 4 is 33.4 Å². The molecule has 0 saturated carbocycles. The van der Waals surface area contributed by atoms with Crippen molar-refractivity contribution < 1.29 is 22.8 Å². The van der Waals surface area contributed by atoms with Gasteiger partial charge < -0.3 is 10.2 Å². The smallest absolute Gasteiger partial charge is 0.237 e. The van der Waals surface area contributed by atoms with E-state index in [1.54, 1.807) is 7.05 Å². The Labute approximate surface area is 162 Å². The first-order valence-corrected chi connectivity index (χ1v) is 8.95. The van der Waals surface area contributed by atoms with Gasteiger partial charge in [-0.2, -0.15) is 0 Å². The summed E-state index contributed by atoms with van der Waals surface area (Å²) >= 11 is 3.41. The van der Waals surface area contributed by atoms with Crippen LogP contribution in [0.4, 0.5) is 18.9 Å². The molecule has 1 heterocycles. The molecule has 0 bridgehead atoms. The molecule has 0 unspecified atom stereocenters. The molecule has 2 amide bonds. The number of likely N-dealkylation sites (N-methyl/N-ethyl adjacent to an activating group) is 1. The monoisotopic (exact) mass is 440 g/mol. The molecule has 142 valence electrons. The number of carbonyl (C=O) groups is 2. The number of hydrogen-bond acceptors (Lipinski definition) is 2. The molecule has 1 aliphatic rings. The first-order chi connectivity index (χ1) is 12.7. The Morgan fingerprint density at radius 3 is 2.56 bits per heavy atom. The van der Waals surface area contributed by atoms with Gasteiger partial charge in [0.1, 0.15) is 5.92 Å². The highest BCUT2D eigenvalue weighted by molar-refractivity contribution is 9.10. The van der Waals surface area contributed by atoms with Gasteiger partial charge in [0.15, 0.2) is 17.5 Å². The minimum atomic E-state index is -1.68. The molecule has 8 heteroatoms. The number of benzene rings is 2. The summed E-state index contributed by atoms with van der Waals surface area (Å²) < 4.78 is 41.2. The summed E-state index contributed by atoms with van der Waals surface area (Å²) in [6.07, 6.45) is 0. The van der Waals surface area contributed by atoms with E-state index in [4.69, 9.17) is 0 Å². The van der Waals surface area contributed by atoms with Crippen LogP contribution in [0.2, 0.25) is 0 Å². The van der Waals surface area contributed by atoms with E-state index in [1.807, 2.05) is 25.1 Å². The summed E-state index contributed by atoms with van der Waals surface area (Å²) in [7, 11) is 1.58. The number of carbonyl (C=O) groups excluding carboxylic acids is 2. The van der Waals surface area contributed by atoms with E-state index in [-0.39, 0.29) is 0 Å². The van der Waals surface area contributed by atoms with Crippen LogP contribution < -0.4 is 5.32 Å². The van der Waals surface area contributed by atoms with Crippen molar-refractivity contribution in [2.75, 3.05) is 18.9 Å². The third-order valence-electron chi connectivity index (χ3n) is 4.70. The SMILES string of the molecule is Cc1cc([C@H]2CN(C)C(=O)[C@@H]2C(=O)Nc2ccc(F)c(F)c2F)ccc1Br. The highest BCUT2D eigenvalue weighted by atomic mass is 79.9. The molecule has 0 spiro atoms. The van der Waals surface area contributed by atoms with Crippen LogP contribution in [0.3, 0.4) is 0 Å². The van der Waals surface area contributed by atoms with Crippen LogP contribution in [0.5, 0.6) is 0 Å². The molecular formula is C19H16BrF3N2O2. The lowest BCUT2D eigenvalue weighted by molar-refractivity contribution is -0.135. The van der Waals surface area contributed by atoms with E-state index in [0.29, 0.717) is 12.6 Å². The number of anilines is 1. The Morgan fingerprint density at radius 1 is 1.19 bits per heavy atom. The molecule has 0 aliphatic carbocycles. The van der Waals surface area contributed by atoms with Gasteiger partial charge in [-0.25, -0.2) is 13.2 Å². The average molecular weight is 441 g/mol. The molecule has 4 nitrogen and oxygen atoms in total. The number of amides is 2. The summed E-state index contributed by atoms with van der Waals surface area (Å²) in [4.78, 5) is 26.6. The van der Waals surface area contributed by atoms with Gasteiger partial charge in [-0.15, -0.1) is 0 Å². The zero-order valence-corrected chi connectivity index (χ0v) is 16.1. The van der Waals surface area contributed by atoms with Crippen molar-refractivity contribution in [2.45, 2.75) is 12.8 Å². The van der Waals surface area contributed by atoms with Gasteiger partial charge >= 0.3 is 0 Å². The number of nitrogens with one attached hydrogen (secondary N) is 1. The molecular weight excluding hydrogens is 425 g/mol. The molecule has 0 radical (unpaired) electrons. The number of likely N-dealkylation sites (tertiary alicyclic amines) is 1. The van der Waals surface area contributed by atoms with Crippen LogP contribution in [-0.4, -0.2) is 30.3 Å².